The summed E-state index contributed by atoms with van der Waals surface area (Å²) < 4.78 is 73.1. The van der Waals surface area contributed by atoms with Crippen LogP contribution in [0.4, 0.5) is 31.4 Å². The van der Waals surface area contributed by atoms with Crippen LogP contribution in [0.25, 0.3) is 21.5 Å². The molecular formula is C77H95Cl2N10O24PS. The van der Waals surface area contributed by atoms with Crippen LogP contribution in [0.3, 0.4) is 0 Å². The Kier molecular flexibility index (Phi) is 34.7. The Hall–Kier alpha value is -9.43. The van der Waals surface area contributed by atoms with Crippen LogP contribution in [0.15, 0.2) is 109 Å². The molecule has 6 aromatic rings. The molecule has 8 N–H and O–H groups in total. The maximum atomic E-state index is 14.9. The molecule has 0 aliphatic carbocycles. The number of urea groups is 1. The van der Waals surface area contributed by atoms with Gasteiger partial charge in [0.05, 0.1) is 133 Å². The minimum Gasteiger partial charge on any atom is -0.443 e. The average Bonchev–Trinajstić information content (AvgIpc) is 1.61. The summed E-state index contributed by atoms with van der Waals surface area (Å²) in [4.78, 5) is 158. The van der Waals surface area contributed by atoms with Gasteiger partial charge in [-0.15, -0.1) is 34.5 Å². The molecule has 34 nitrogen and oxygen atoms in total. The molecule has 1 aromatic heterocycles. The highest BCUT2D eigenvalue weighted by Crippen LogP contribution is 2.51. The summed E-state index contributed by atoms with van der Waals surface area (Å²) in [6, 6.07) is 23.2. The zero-order valence-corrected chi connectivity index (χ0v) is 67.2. The van der Waals surface area contributed by atoms with Crippen molar-refractivity contribution in [3.63, 3.8) is 0 Å². The largest absolute Gasteiger partial charge is 0.524 e. The molecule has 622 valence electrons. The number of nitrogens with two attached hydrogens (primary N) is 1. The van der Waals surface area contributed by atoms with E-state index in [0.29, 0.717) is 108 Å². The third-order valence-electron chi connectivity index (χ3n) is 18.4. The molecule has 0 spiro atoms. The summed E-state index contributed by atoms with van der Waals surface area (Å²) in [5, 5.41) is 14.9. The van der Waals surface area contributed by atoms with Gasteiger partial charge in [-0.1, -0.05) is 74.5 Å². The smallest absolute Gasteiger partial charge is 0.443 e. The van der Waals surface area contributed by atoms with Crippen LogP contribution in [-0.4, -0.2) is 254 Å². The highest BCUT2D eigenvalue weighted by molar-refractivity contribution is 7.46. The van der Waals surface area contributed by atoms with E-state index in [0.717, 1.165) is 26.3 Å². The number of rotatable bonds is 46. The van der Waals surface area contributed by atoms with E-state index in [9.17, 15) is 62.3 Å². The van der Waals surface area contributed by atoms with E-state index in [1.165, 1.54) is 54.4 Å². The van der Waals surface area contributed by atoms with Crippen LogP contribution in [0, 0.1) is 5.92 Å². The van der Waals surface area contributed by atoms with E-state index in [-0.39, 0.29) is 156 Å². The zero-order chi connectivity index (χ0) is 82.6. The summed E-state index contributed by atoms with van der Waals surface area (Å²) in [6.45, 7) is 6.36. The predicted octanol–water partition coefficient (Wildman–Crippen LogP) is 7.57. The SMILES string of the molecule is COCCN(C(=O)OCc1ccc(NC(=O)[C@H](CCCNC(N)=O)NC(=O)[C@@H](NC(=O)CCOCCOCCOCCOCCOCCOCCN2C(=O)C=CC2=O)C(C)C)cc1)N(CCOC)C(=O)Oc1cc2c(c3ccccc13)[C@H](CCl)CN2C(=O)c1ccc(C(=O)N2C[C@@H](CCl)c3c2cc(OP(=O)(O)O)c2ccccc32)s1. The molecule has 5 aromatic carbocycles. The van der Waals surface area contributed by atoms with Crippen molar-refractivity contribution in [2.75, 3.05) is 173 Å². The lowest BCUT2D eigenvalue weighted by Gasteiger charge is -2.33. The van der Waals surface area contributed by atoms with Gasteiger partial charge in [0.1, 0.15) is 30.2 Å². The topological polar surface area (TPSA) is 420 Å². The number of amides is 11. The Morgan fingerprint density at radius 2 is 1.09 bits per heavy atom. The molecule has 38 heteroatoms. The van der Waals surface area contributed by atoms with Gasteiger partial charge >= 0.3 is 26.0 Å². The number of phosphoric ester groups is 1. The number of hydrogen-bond donors (Lipinski definition) is 7. The van der Waals surface area contributed by atoms with Crippen LogP contribution in [0.2, 0.25) is 0 Å². The second-order valence-corrected chi connectivity index (χ2v) is 29.6. The van der Waals surface area contributed by atoms with Crippen molar-refractivity contribution in [1.29, 1.82) is 0 Å². The number of methoxy groups -OCH3 is 2. The first-order chi connectivity index (χ1) is 55.4. The zero-order valence-electron chi connectivity index (χ0n) is 64.0. The maximum absolute atomic E-state index is 14.9. The molecule has 3 aliphatic heterocycles. The molecule has 4 heterocycles. The lowest BCUT2D eigenvalue weighted by molar-refractivity contribution is -0.137. The van der Waals surface area contributed by atoms with Gasteiger partial charge in [-0.25, -0.2) is 29.0 Å². The minimum atomic E-state index is -5.04. The first-order valence-corrected chi connectivity index (χ1v) is 40.5. The van der Waals surface area contributed by atoms with E-state index in [4.69, 9.17) is 80.8 Å². The highest BCUT2D eigenvalue weighted by Gasteiger charge is 2.40. The number of thiophene rings is 1. The van der Waals surface area contributed by atoms with Crippen molar-refractivity contribution >= 4 is 141 Å². The number of anilines is 3. The van der Waals surface area contributed by atoms with Crippen molar-refractivity contribution in [3.05, 3.63) is 136 Å². The van der Waals surface area contributed by atoms with Crippen molar-refractivity contribution in [3.8, 4) is 11.5 Å². The number of ether oxygens (including phenoxy) is 10. The molecule has 3 aliphatic rings. The maximum Gasteiger partial charge on any atom is 0.524 e. The first kappa shape index (κ1) is 89.5. The van der Waals surface area contributed by atoms with Gasteiger partial charge in [-0.05, 0) is 70.5 Å². The molecule has 0 fully saturated rings. The Balaban J connectivity index is 0.757. The second kappa shape index (κ2) is 44.6. The Labute approximate surface area is 677 Å². The molecule has 4 atom stereocenters. The van der Waals surface area contributed by atoms with Crippen LogP contribution < -0.4 is 46.1 Å². The molecule has 11 amide bonds. The second-order valence-electron chi connectivity index (χ2n) is 26.7. The standard InChI is InChI=1S/C77H95Cl2N10O24PS/c1-49(2)70(84-65(90)23-28-105-32-34-107-36-38-109-40-41-110-39-37-108-35-33-106-31-25-85-66(91)21-22-67(85)92)72(94)83-58(14-9-24-81-75(80)97)71(93)82-53-17-15-50(16-18-53)48-111-76(98)88(26-29-103-3)89(27-30-104-4)77(99)112-61-42-59-68(56-12-7-5-10-54(56)61)51(44-78)46-86(59)73(95)63-19-20-64(115-63)74(96)87-47-52(45-79)69-57-13-8-6-11-55(57)62(43-60(69)87)113-114(100,101)102/h5-8,10-13,15-22,42-43,49,51-52,58,70H,9,14,23-41,44-48H2,1-4H3,(H,82,93)(H,83,94)(H,84,90)(H3,80,81,97)(H2,100,101,102)/t51-,52-,58+,70+/m1/s1. The molecule has 0 bridgehead atoms. The fraction of sp³-hybridized carbons (Fsp3) is 0.455. The number of alkyl halides is 2. The molecule has 115 heavy (non-hydrogen) atoms. The lowest BCUT2D eigenvalue weighted by atomic mass is 9.95. The number of carbonyl (C=O) groups excluding carboxylic acids is 10. The number of carbonyl (C=O) groups is 10. The Bertz CT molecular complexity index is 4440. The van der Waals surface area contributed by atoms with Crippen molar-refractivity contribution < 1.29 is 114 Å². The molecule has 0 saturated heterocycles. The summed E-state index contributed by atoms with van der Waals surface area (Å²) >= 11 is 14.1. The number of primary amides is 1. The number of hydrazine groups is 1. The number of nitrogens with one attached hydrogen (secondary N) is 4. The number of benzene rings is 5. The minimum absolute atomic E-state index is 0.0156. The van der Waals surface area contributed by atoms with E-state index in [2.05, 4.69) is 21.3 Å². The van der Waals surface area contributed by atoms with Crippen LogP contribution >= 0.6 is 42.4 Å². The predicted molar refractivity (Wildman–Crippen MR) is 425 cm³/mol. The summed E-state index contributed by atoms with van der Waals surface area (Å²) in [5.74, 6) is -4.51. The van der Waals surface area contributed by atoms with Crippen LogP contribution in [0.1, 0.15) is 81.0 Å². The van der Waals surface area contributed by atoms with Gasteiger partial charge in [0.15, 0.2) is 0 Å². The molecule has 0 radical (unpaired) electrons. The van der Waals surface area contributed by atoms with Gasteiger partial charge in [0, 0.05) is 105 Å². The number of imide groups is 1. The van der Waals surface area contributed by atoms with Gasteiger partial charge in [0.2, 0.25) is 17.7 Å². The Morgan fingerprint density at radius 1 is 0.609 bits per heavy atom. The van der Waals surface area contributed by atoms with E-state index in [1.54, 1.807) is 86.6 Å². The number of fused-ring (bicyclic) bond motifs is 6. The van der Waals surface area contributed by atoms with E-state index in [1.807, 2.05) is 6.07 Å². The third kappa shape index (κ3) is 25.3. The summed E-state index contributed by atoms with van der Waals surface area (Å²) in [6.07, 6.45) is 0.608. The first-order valence-electron chi connectivity index (χ1n) is 37.1. The van der Waals surface area contributed by atoms with Crippen molar-refractivity contribution in [2.24, 2.45) is 11.7 Å². The van der Waals surface area contributed by atoms with E-state index < -0.39 is 79.5 Å². The van der Waals surface area contributed by atoms with Gasteiger partial charge < -0.3 is 88.7 Å². The van der Waals surface area contributed by atoms with Gasteiger partial charge in [-0.2, -0.15) is 0 Å². The monoisotopic (exact) mass is 1680 g/mol. The quantitative estimate of drug-likeness (QED) is 0.00636. The van der Waals surface area contributed by atoms with Gasteiger partial charge in [0.25, 0.3) is 23.6 Å². The van der Waals surface area contributed by atoms with E-state index >= 15 is 0 Å². The van der Waals surface area contributed by atoms with Crippen molar-refractivity contribution in [1.82, 2.24) is 30.9 Å². The van der Waals surface area contributed by atoms with Crippen LogP contribution in [-0.2, 0) is 77.8 Å². The number of nitrogens with zero attached hydrogens (tertiary/aromatic N) is 5. The fourth-order valence-electron chi connectivity index (χ4n) is 12.8. The lowest BCUT2D eigenvalue weighted by Crippen LogP contribution is -2.54. The number of halogens is 2. The summed E-state index contributed by atoms with van der Waals surface area (Å²) in [7, 11) is -2.23. The van der Waals surface area contributed by atoms with Gasteiger partial charge in [-0.3, -0.25) is 48.2 Å². The number of phosphoric acid groups is 1. The molecular weight excluding hydrogens is 1580 g/mol. The number of hydrogen-bond acceptors (Lipinski definition) is 23. The fourth-order valence-corrected chi connectivity index (χ4v) is 14.7. The average molecular weight is 1680 g/mol. The third-order valence-corrected chi connectivity index (χ3v) is 20.7. The Morgan fingerprint density at radius 3 is 1.57 bits per heavy atom. The molecule has 0 unspecified atom stereocenters. The molecule has 0 saturated carbocycles. The summed E-state index contributed by atoms with van der Waals surface area (Å²) in [5.41, 5.74) is 8.15. The van der Waals surface area contributed by atoms with Crippen LogP contribution in [0.5, 0.6) is 11.5 Å². The van der Waals surface area contributed by atoms with Crippen molar-refractivity contribution in [2.45, 2.75) is 63.6 Å². The molecule has 9 rings (SSSR count). The normalized spacial score (nSPS) is 14.9. The highest BCUT2D eigenvalue weighted by atomic mass is 35.5.